The molecule has 0 spiro atoms. The largest absolute Gasteiger partial charge is 1.00 e. The second-order valence-electron chi connectivity index (χ2n) is 15.3. The first-order valence-corrected chi connectivity index (χ1v) is 22.4. The van der Waals surface area contributed by atoms with Crippen LogP contribution < -0.4 is 124 Å². The van der Waals surface area contributed by atoms with E-state index in [9.17, 15) is 29.4 Å². The molecule has 12 heteroatoms. The topological polar surface area (TPSA) is 185 Å². The summed E-state index contributed by atoms with van der Waals surface area (Å²) < 4.78 is 9.94. The Balaban J connectivity index is -0.000000466. The predicted octanol–water partition coefficient (Wildman–Crippen LogP) is 2.52. The van der Waals surface area contributed by atoms with Crippen molar-refractivity contribution in [2.45, 2.75) is 244 Å². The van der Waals surface area contributed by atoms with Gasteiger partial charge in [-0.2, -0.15) is 0 Å². The van der Waals surface area contributed by atoms with Gasteiger partial charge in [-0.1, -0.05) is 206 Å². The van der Waals surface area contributed by atoms with E-state index in [1.54, 1.807) is 0 Å². The van der Waals surface area contributed by atoms with Crippen molar-refractivity contribution in [2.75, 3.05) is 13.2 Å². The molecular formula is C44H84K2N2O8. The van der Waals surface area contributed by atoms with Gasteiger partial charge in [0.1, 0.15) is 12.1 Å². The van der Waals surface area contributed by atoms with Crippen molar-refractivity contribution in [1.29, 1.82) is 0 Å². The number of rotatable bonds is 40. The number of carboxylic acid groups (broad SMARTS) is 2. The molecule has 2 atom stereocenters. The number of nitrogens with two attached hydrogens (primary N) is 2. The van der Waals surface area contributed by atoms with Crippen molar-refractivity contribution in [2.24, 2.45) is 11.5 Å². The van der Waals surface area contributed by atoms with Gasteiger partial charge in [0.15, 0.2) is 0 Å². The SMILES string of the molecule is CCCCCCCCCCCCCCCCCCOC(=O)[C@@H](N)CC(=O)[O-].CCCCCCCCCCCCCCCCCCOC(=O)[C@@H](N)CC(=O)[O-].[K+].[K+]. The molecule has 0 aromatic carbocycles. The van der Waals surface area contributed by atoms with E-state index in [0.717, 1.165) is 38.5 Å². The van der Waals surface area contributed by atoms with Crippen LogP contribution in [0.3, 0.4) is 0 Å². The monoisotopic (exact) mass is 847 g/mol. The fourth-order valence-electron chi connectivity index (χ4n) is 6.39. The number of ether oxygens (including phenoxy) is 2. The maximum absolute atomic E-state index is 11.4. The molecule has 4 N–H and O–H groups in total. The summed E-state index contributed by atoms with van der Waals surface area (Å²) in [6, 6.07) is -2.23. The fraction of sp³-hybridized carbons (Fsp3) is 0.909. The Labute approximate surface area is 428 Å². The molecule has 0 saturated heterocycles. The number of aliphatic carboxylic acids is 2. The zero-order valence-corrected chi connectivity index (χ0v) is 43.3. The van der Waals surface area contributed by atoms with Gasteiger partial charge < -0.3 is 40.7 Å². The summed E-state index contributed by atoms with van der Waals surface area (Å²) in [7, 11) is 0. The molecule has 0 rings (SSSR count). The number of hydrogen-bond donors (Lipinski definition) is 2. The third-order valence-corrected chi connectivity index (χ3v) is 9.86. The van der Waals surface area contributed by atoms with Gasteiger partial charge in [-0.25, -0.2) is 0 Å². The molecule has 0 aliphatic heterocycles. The van der Waals surface area contributed by atoms with E-state index < -0.39 is 48.8 Å². The molecule has 0 saturated carbocycles. The normalized spacial score (nSPS) is 11.6. The molecule has 0 bridgehead atoms. The van der Waals surface area contributed by atoms with Crippen LogP contribution in [0.25, 0.3) is 0 Å². The molecule has 320 valence electrons. The first kappa shape index (κ1) is 63.7. The van der Waals surface area contributed by atoms with Crippen LogP contribution in [0.5, 0.6) is 0 Å². The second-order valence-corrected chi connectivity index (χ2v) is 15.3. The standard InChI is InChI=1S/2C22H43NO4.2K/c2*1-2-3-4-5-6-7-8-9-10-11-12-13-14-15-16-17-18-27-22(26)20(23)19-21(24)25;;/h2*20H,2-19,23H2,1H3,(H,24,25);;/q;;2*+1/p-2/t2*20-;;/m00../s1. The van der Waals surface area contributed by atoms with E-state index in [1.807, 2.05) is 0 Å². The smallest absolute Gasteiger partial charge is 0.550 e. The molecule has 0 fully saturated rings. The maximum Gasteiger partial charge on any atom is 1.00 e. The van der Waals surface area contributed by atoms with Crippen molar-refractivity contribution >= 4 is 23.9 Å². The molecule has 0 radical (unpaired) electrons. The molecule has 10 nitrogen and oxygen atoms in total. The van der Waals surface area contributed by atoms with Gasteiger partial charge in [0.05, 0.1) is 13.2 Å². The average Bonchev–Trinajstić information content (AvgIpc) is 3.13. The maximum atomic E-state index is 11.4. The van der Waals surface area contributed by atoms with Gasteiger partial charge in [-0.05, 0) is 12.8 Å². The van der Waals surface area contributed by atoms with Crippen molar-refractivity contribution in [3.05, 3.63) is 0 Å². The van der Waals surface area contributed by atoms with Crippen LogP contribution in [-0.4, -0.2) is 49.2 Å². The molecule has 0 aromatic heterocycles. The summed E-state index contributed by atoms with van der Waals surface area (Å²) in [5.74, 6) is -3.97. The van der Waals surface area contributed by atoms with E-state index in [2.05, 4.69) is 13.8 Å². The van der Waals surface area contributed by atoms with Crippen LogP contribution in [0.1, 0.15) is 232 Å². The van der Waals surface area contributed by atoms with E-state index in [4.69, 9.17) is 20.9 Å². The summed E-state index contributed by atoms with van der Waals surface area (Å²) in [4.78, 5) is 43.5. The van der Waals surface area contributed by atoms with Crippen LogP contribution >= 0.6 is 0 Å². The van der Waals surface area contributed by atoms with Crippen LogP contribution in [0.2, 0.25) is 0 Å². The third-order valence-electron chi connectivity index (χ3n) is 9.86. The van der Waals surface area contributed by atoms with Crippen molar-refractivity contribution in [3.63, 3.8) is 0 Å². The number of carbonyl (C=O) groups is 4. The second kappa shape index (κ2) is 52.2. The Morgan fingerprint density at radius 3 is 0.732 bits per heavy atom. The van der Waals surface area contributed by atoms with Crippen LogP contribution in [0.15, 0.2) is 0 Å². The van der Waals surface area contributed by atoms with E-state index in [0.29, 0.717) is 13.2 Å². The molecule has 0 aliphatic carbocycles. The van der Waals surface area contributed by atoms with Crippen LogP contribution in [0.4, 0.5) is 0 Å². The van der Waals surface area contributed by atoms with Gasteiger partial charge in [0, 0.05) is 24.8 Å². The van der Waals surface area contributed by atoms with Gasteiger partial charge in [0.2, 0.25) is 0 Å². The van der Waals surface area contributed by atoms with Gasteiger partial charge in [0.25, 0.3) is 0 Å². The molecule has 0 aliphatic rings. The Morgan fingerprint density at radius 2 is 0.554 bits per heavy atom. The van der Waals surface area contributed by atoms with Crippen molar-refractivity contribution in [3.8, 4) is 0 Å². The van der Waals surface area contributed by atoms with E-state index in [1.165, 1.54) is 167 Å². The molecule has 0 heterocycles. The average molecular weight is 847 g/mol. The van der Waals surface area contributed by atoms with Gasteiger partial charge in [-0.15, -0.1) is 0 Å². The zero-order valence-electron chi connectivity index (χ0n) is 37.0. The van der Waals surface area contributed by atoms with E-state index in [-0.39, 0.29) is 103 Å². The minimum absolute atomic E-state index is 0. The molecular weight excluding hydrogens is 763 g/mol. The van der Waals surface area contributed by atoms with E-state index >= 15 is 0 Å². The minimum Gasteiger partial charge on any atom is -0.550 e. The molecule has 56 heavy (non-hydrogen) atoms. The summed E-state index contributed by atoms with van der Waals surface area (Å²) >= 11 is 0. The van der Waals surface area contributed by atoms with Crippen LogP contribution in [-0.2, 0) is 28.7 Å². The Morgan fingerprint density at radius 1 is 0.375 bits per heavy atom. The molecule has 0 unspecified atom stereocenters. The number of esters is 2. The zero-order chi connectivity index (χ0) is 40.3. The Kier molecular flexibility index (Phi) is 59.4. The number of unbranched alkanes of at least 4 members (excludes halogenated alkanes) is 30. The molecule has 0 amide bonds. The predicted molar refractivity (Wildman–Crippen MR) is 216 cm³/mol. The van der Waals surface area contributed by atoms with Crippen LogP contribution in [0, 0.1) is 0 Å². The first-order valence-electron chi connectivity index (χ1n) is 22.4. The summed E-state index contributed by atoms with van der Waals surface area (Å²) in [6.07, 6.45) is 40.5. The molecule has 0 aromatic rings. The van der Waals surface area contributed by atoms with Gasteiger partial charge in [-0.3, -0.25) is 9.59 Å². The summed E-state index contributed by atoms with van der Waals surface area (Å²) in [6.45, 7) is 5.16. The quantitative estimate of drug-likeness (QED) is 0.0528. The van der Waals surface area contributed by atoms with Crippen molar-refractivity contribution < 1.29 is 142 Å². The summed E-state index contributed by atoms with van der Waals surface area (Å²) in [5.41, 5.74) is 10.8. The summed E-state index contributed by atoms with van der Waals surface area (Å²) in [5, 5.41) is 20.7. The number of carbonyl (C=O) groups excluding carboxylic acids is 4. The Hall–Kier alpha value is 1.07. The fourth-order valence-corrected chi connectivity index (χ4v) is 6.39. The Bertz CT molecular complexity index is 801. The minimum atomic E-state index is -1.33. The number of carboxylic acids is 2. The number of hydrogen-bond acceptors (Lipinski definition) is 10. The third kappa shape index (κ3) is 53.1. The van der Waals surface area contributed by atoms with Crippen molar-refractivity contribution in [1.82, 2.24) is 0 Å². The van der Waals surface area contributed by atoms with Gasteiger partial charge >= 0.3 is 115 Å². The first-order chi connectivity index (χ1) is 26.1.